The van der Waals surface area contributed by atoms with E-state index >= 15 is 0 Å². The van der Waals surface area contributed by atoms with Gasteiger partial charge in [0.15, 0.2) is 0 Å². The molecular formula is C35H49N3O7. The first-order valence-corrected chi connectivity index (χ1v) is 16.3. The number of nitrogens with zero attached hydrogens (tertiary/aromatic N) is 2. The molecule has 0 aliphatic carbocycles. The molecule has 2 N–H and O–H groups in total. The third-order valence-corrected chi connectivity index (χ3v) is 9.55. The van der Waals surface area contributed by atoms with Gasteiger partial charge < -0.3 is 29.7 Å². The molecule has 45 heavy (non-hydrogen) atoms. The lowest BCUT2D eigenvalue weighted by Crippen LogP contribution is -2.58. The first-order valence-electron chi connectivity index (χ1n) is 16.3. The number of amides is 3. The molecule has 0 aromatic heterocycles. The zero-order valence-electron chi connectivity index (χ0n) is 26.9. The summed E-state index contributed by atoms with van der Waals surface area (Å²) in [6.07, 6.45) is 5.77. The number of carbonyl (C=O) groups excluding carboxylic acids is 4. The lowest BCUT2D eigenvalue weighted by atomic mass is 9.70. The molecule has 8 atom stereocenters. The summed E-state index contributed by atoms with van der Waals surface area (Å²) in [5, 5.41) is 13.3. The molecule has 0 saturated carbocycles. The Kier molecular flexibility index (Phi) is 11.6. The SMILES string of the molecule is C=CCCC(=O)N[C@H](C)[C@@H](OC(=O)[C@@H]1[C@@H]2CC[C@]3(O2)[C@H](C(=O)N(CC=C)CCCC)N([C@@H](CC)CO)C(=O)[C@@H]13)c1ccccc1. The summed E-state index contributed by atoms with van der Waals surface area (Å²) in [7, 11) is 0. The maximum atomic E-state index is 14.4. The molecule has 3 amide bonds. The van der Waals surface area contributed by atoms with Gasteiger partial charge in [0, 0.05) is 19.5 Å². The fourth-order valence-corrected chi connectivity index (χ4v) is 7.35. The van der Waals surface area contributed by atoms with Crippen LogP contribution in [0.3, 0.4) is 0 Å². The molecule has 3 aliphatic rings. The monoisotopic (exact) mass is 623 g/mol. The minimum Gasteiger partial charge on any atom is -0.455 e. The van der Waals surface area contributed by atoms with E-state index in [4.69, 9.17) is 9.47 Å². The largest absolute Gasteiger partial charge is 0.455 e. The zero-order chi connectivity index (χ0) is 32.7. The van der Waals surface area contributed by atoms with E-state index in [1.807, 2.05) is 44.2 Å². The predicted molar refractivity (Wildman–Crippen MR) is 170 cm³/mol. The molecule has 3 saturated heterocycles. The highest BCUT2D eigenvalue weighted by Gasteiger charge is 2.75. The molecule has 4 rings (SSSR count). The Morgan fingerprint density at radius 2 is 1.96 bits per heavy atom. The predicted octanol–water partition coefficient (Wildman–Crippen LogP) is 3.70. The van der Waals surface area contributed by atoms with E-state index < -0.39 is 53.7 Å². The van der Waals surface area contributed by atoms with Crippen molar-refractivity contribution in [2.45, 2.75) is 102 Å². The third kappa shape index (κ3) is 6.72. The van der Waals surface area contributed by atoms with Crippen LogP contribution in [0.25, 0.3) is 0 Å². The van der Waals surface area contributed by atoms with Crippen LogP contribution in [-0.2, 0) is 28.7 Å². The summed E-state index contributed by atoms with van der Waals surface area (Å²) in [5.74, 6) is -3.26. The minimum absolute atomic E-state index is 0.189. The van der Waals surface area contributed by atoms with Crippen molar-refractivity contribution >= 4 is 23.7 Å². The lowest BCUT2D eigenvalue weighted by molar-refractivity contribution is -0.162. The number of aliphatic hydroxyl groups is 1. The molecule has 1 spiro atoms. The van der Waals surface area contributed by atoms with Crippen LogP contribution in [0.1, 0.15) is 77.4 Å². The molecule has 3 fully saturated rings. The summed E-state index contributed by atoms with van der Waals surface area (Å²) in [4.78, 5) is 58.6. The van der Waals surface area contributed by atoms with E-state index in [0.717, 1.165) is 12.8 Å². The van der Waals surface area contributed by atoms with Gasteiger partial charge in [0.2, 0.25) is 17.7 Å². The molecular weight excluding hydrogens is 574 g/mol. The fourth-order valence-electron chi connectivity index (χ4n) is 7.35. The van der Waals surface area contributed by atoms with Crippen molar-refractivity contribution in [3.63, 3.8) is 0 Å². The highest BCUT2D eigenvalue weighted by Crippen LogP contribution is 2.59. The molecule has 246 valence electrons. The zero-order valence-corrected chi connectivity index (χ0v) is 26.9. The number of hydrogen-bond acceptors (Lipinski definition) is 7. The Balaban J connectivity index is 1.67. The highest BCUT2D eigenvalue weighted by atomic mass is 16.6. The van der Waals surface area contributed by atoms with Gasteiger partial charge >= 0.3 is 5.97 Å². The molecule has 1 aromatic rings. The van der Waals surface area contributed by atoms with Crippen molar-refractivity contribution in [2.75, 3.05) is 19.7 Å². The molecule has 3 heterocycles. The van der Waals surface area contributed by atoms with Gasteiger partial charge in [-0.25, -0.2) is 0 Å². The Morgan fingerprint density at radius 3 is 2.58 bits per heavy atom. The number of nitrogens with one attached hydrogen (secondary N) is 1. The Morgan fingerprint density at radius 1 is 1.22 bits per heavy atom. The molecule has 2 bridgehead atoms. The van der Waals surface area contributed by atoms with Gasteiger partial charge in [0.05, 0.1) is 36.6 Å². The topological polar surface area (TPSA) is 125 Å². The molecule has 0 radical (unpaired) electrons. The van der Waals surface area contributed by atoms with E-state index in [0.29, 0.717) is 44.3 Å². The van der Waals surface area contributed by atoms with Crippen molar-refractivity contribution in [1.29, 1.82) is 0 Å². The number of ether oxygens (including phenoxy) is 2. The van der Waals surface area contributed by atoms with Crippen LogP contribution >= 0.6 is 0 Å². The first kappa shape index (κ1) is 34.4. The van der Waals surface area contributed by atoms with Gasteiger partial charge in [-0.3, -0.25) is 19.2 Å². The van der Waals surface area contributed by atoms with Crippen LogP contribution in [0.4, 0.5) is 0 Å². The van der Waals surface area contributed by atoms with Crippen LogP contribution in [0.2, 0.25) is 0 Å². The second-order valence-corrected chi connectivity index (χ2v) is 12.4. The van der Waals surface area contributed by atoms with Crippen LogP contribution in [-0.4, -0.2) is 88.1 Å². The summed E-state index contributed by atoms with van der Waals surface area (Å²) >= 11 is 0. The average Bonchev–Trinajstić information content (AvgIpc) is 3.69. The first-order chi connectivity index (χ1) is 21.7. The number of carbonyl (C=O) groups is 4. The van der Waals surface area contributed by atoms with E-state index in [1.165, 1.54) is 4.90 Å². The number of unbranched alkanes of at least 4 members (excludes halogenated alkanes) is 1. The van der Waals surface area contributed by atoms with Crippen LogP contribution in [0.15, 0.2) is 55.6 Å². The van der Waals surface area contributed by atoms with Crippen molar-refractivity contribution in [2.24, 2.45) is 11.8 Å². The second-order valence-electron chi connectivity index (χ2n) is 12.4. The van der Waals surface area contributed by atoms with Crippen molar-refractivity contribution < 1.29 is 33.8 Å². The number of benzene rings is 1. The maximum absolute atomic E-state index is 14.4. The molecule has 1 aromatic carbocycles. The van der Waals surface area contributed by atoms with Crippen molar-refractivity contribution in [3.8, 4) is 0 Å². The normalized spacial score (nSPS) is 26.9. The number of fused-ring (bicyclic) bond motifs is 1. The van der Waals surface area contributed by atoms with Crippen LogP contribution in [0.5, 0.6) is 0 Å². The number of hydrogen-bond donors (Lipinski definition) is 2. The molecule has 0 unspecified atom stereocenters. The number of esters is 1. The highest BCUT2D eigenvalue weighted by molar-refractivity contribution is 5.98. The van der Waals surface area contributed by atoms with Crippen LogP contribution < -0.4 is 5.32 Å². The standard InChI is InChI=1S/C35H49N3O7/c1-6-10-17-27(40)36-23(5)30(24-15-13-12-14-16-24)44-34(43)28-26-18-19-35(45-26)29(28)32(41)38(25(9-4)22-39)31(35)33(42)37(20-8-3)21-11-7-2/h6,8,12-16,23,25-26,28-31,39H,1,3,7,9-11,17-22H2,2,4-5H3,(H,36,40)/t23-,25+,26+,28-,29-,30-,31+,35-/m1/s1. The summed E-state index contributed by atoms with van der Waals surface area (Å²) in [5.41, 5.74) is -0.500. The van der Waals surface area contributed by atoms with Crippen molar-refractivity contribution in [1.82, 2.24) is 15.1 Å². The van der Waals surface area contributed by atoms with Gasteiger partial charge in [0.25, 0.3) is 0 Å². The number of aliphatic hydroxyl groups excluding tert-OH is 1. The van der Waals surface area contributed by atoms with Crippen molar-refractivity contribution in [3.05, 3.63) is 61.2 Å². The lowest BCUT2D eigenvalue weighted by Gasteiger charge is -2.39. The van der Waals surface area contributed by atoms with Gasteiger partial charge in [-0.15, -0.1) is 13.2 Å². The summed E-state index contributed by atoms with van der Waals surface area (Å²) in [6.45, 7) is 13.7. The molecule has 10 heteroatoms. The van der Waals surface area contributed by atoms with Gasteiger partial charge in [-0.05, 0) is 44.6 Å². The van der Waals surface area contributed by atoms with E-state index in [2.05, 4.69) is 18.5 Å². The van der Waals surface area contributed by atoms with Gasteiger partial charge in [-0.1, -0.05) is 62.8 Å². The smallest absolute Gasteiger partial charge is 0.313 e. The molecule has 10 nitrogen and oxygen atoms in total. The number of allylic oxidation sites excluding steroid dienone is 1. The number of rotatable bonds is 17. The van der Waals surface area contributed by atoms with E-state index in [-0.39, 0.29) is 30.7 Å². The maximum Gasteiger partial charge on any atom is 0.313 e. The number of likely N-dealkylation sites (tertiary alicyclic amines) is 1. The second kappa shape index (κ2) is 15.2. The van der Waals surface area contributed by atoms with Gasteiger partial charge in [-0.2, -0.15) is 0 Å². The third-order valence-electron chi connectivity index (χ3n) is 9.55. The Hall–Kier alpha value is -3.50. The van der Waals surface area contributed by atoms with E-state index in [9.17, 15) is 24.3 Å². The minimum atomic E-state index is -1.20. The van der Waals surface area contributed by atoms with E-state index in [1.54, 1.807) is 24.0 Å². The van der Waals surface area contributed by atoms with Gasteiger partial charge in [0.1, 0.15) is 17.7 Å². The Labute approximate surface area is 266 Å². The summed E-state index contributed by atoms with van der Waals surface area (Å²) < 4.78 is 12.8. The summed E-state index contributed by atoms with van der Waals surface area (Å²) in [6, 6.07) is 7.05. The molecule has 3 aliphatic heterocycles. The quantitative estimate of drug-likeness (QED) is 0.200. The Bertz CT molecular complexity index is 1230. The fraction of sp³-hybridized carbons (Fsp3) is 0.600. The average molecular weight is 624 g/mol. The van der Waals surface area contributed by atoms with Crippen LogP contribution in [0, 0.1) is 11.8 Å².